The van der Waals surface area contributed by atoms with Crippen molar-refractivity contribution in [3.63, 3.8) is 0 Å². The molecular formula is C14H15NO. The van der Waals surface area contributed by atoms with E-state index in [-0.39, 0.29) is 0 Å². The molecule has 0 aliphatic rings. The van der Waals surface area contributed by atoms with E-state index in [0.29, 0.717) is 0 Å². The Labute approximate surface area is 95.9 Å². The minimum absolute atomic E-state index is 0.818. The van der Waals surface area contributed by atoms with Crippen molar-refractivity contribution in [1.29, 1.82) is 0 Å². The third kappa shape index (κ3) is 2.83. The summed E-state index contributed by atoms with van der Waals surface area (Å²) in [5.74, 6) is 1.68. The molecule has 2 aromatic rings. The van der Waals surface area contributed by atoms with E-state index in [1.807, 2.05) is 24.3 Å². The molecule has 0 aliphatic carbocycles. The summed E-state index contributed by atoms with van der Waals surface area (Å²) in [5.41, 5.74) is 1.35. The van der Waals surface area contributed by atoms with Crippen molar-refractivity contribution in [3.8, 4) is 11.5 Å². The number of aryl methyl sites for hydroxylation is 1. The molecule has 82 valence electrons. The topological polar surface area (TPSA) is 22.1 Å². The molecule has 2 nitrogen and oxygen atoms in total. The van der Waals surface area contributed by atoms with Crippen molar-refractivity contribution in [2.24, 2.45) is 0 Å². The number of hydrogen-bond donors (Lipinski definition) is 0. The lowest BCUT2D eigenvalue weighted by atomic mass is 10.1. The van der Waals surface area contributed by atoms with E-state index >= 15 is 0 Å². The molecule has 0 amide bonds. The summed E-state index contributed by atoms with van der Waals surface area (Å²) in [5, 5.41) is 0. The third-order valence-electron chi connectivity index (χ3n) is 2.35. The zero-order chi connectivity index (χ0) is 11.2. The number of ether oxygens (including phenoxy) is 1. The molecule has 0 bridgehead atoms. The molecule has 0 radical (unpaired) electrons. The zero-order valence-electron chi connectivity index (χ0n) is 9.39. The monoisotopic (exact) mass is 213 g/mol. The number of nitrogens with zero attached hydrogens (tertiary/aromatic N) is 1. The van der Waals surface area contributed by atoms with E-state index < -0.39 is 0 Å². The van der Waals surface area contributed by atoms with E-state index in [4.69, 9.17) is 4.74 Å². The van der Waals surface area contributed by atoms with Crippen molar-refractivity contribution < 1.29 is 4.74 Å². The molecule has 1 aromatic heterocycles. The molecule has 16 heavy (non-hydrogen) atoms. The van der Waals surface area contributed by atoms with E-state index in [1.165, 1.54) is 12.0 Å². The van der Waals surface area contributed by atoms with Gasteiger partial charge in [-0.05, 0) is 36.2 Å². The normalized spacial score (nSPS) is 10.1. The molecule has 0 unspecified atom stereocenters. The summed E-state index contributed by atoms with van der Waals surface area (Å²) in [4.78, 5) is 3.95. The van der Waals surface area contributed by atoms with Gasteiger partial charge in [0.05, 0.1) is 0 Å². The van der Waals surface area contributed by atoms with Gasteiger partial charge in [-0.1, -0.05) is 25.5 Å². The Kier molecular flexibility index (Phi) is 3.54. The van der Waals surface area contributed by atoms with Gasteiger partial charge in [0.15, 0.2) is 0 Å². The predicted octanol–water partition coefficient (Wildman–Crippen LogP) is 3.83. The van der Waals surface area contributed by atoms with E-state index in [9.17, 15) is 0 Å². The van der Waals surface area contributed by atoms with Gasteiger partial charge in [0.25, 0.3) is 0 Å². The fourth-order valence-electron chi connectivity index (χ4n) is 1.56. The molecule has 0 saturated carbocycles. The predicted molar refractivity (Wildman–Crippen MR) is 64.7 cm³/mol. The molecule has 0 N–H and O–H groups in total. The minimum atomic E-state index is 0.818. The van der Waals surface area contributed by atoms with Gasteiger partial charge in [0.1, 0.15) is 11.5 Å². The highest BCUT2D eigenvalue weighted by Gasteiger charge is 1.96. The van der Waals surface area contributed by atoms with Crippen LogP contribution in [-0.4, -0.2) is 4.98 Å². The maximum atomic E-state index is 5.67. The van der Waals surface area contributed by atoms with Crippen LogP contribution in [0.1, 0.15) is 18.9 Å². The second-order valence-corrected chi connectivity index (χ2v) is 3.68. The van der Waals surface area contributed by atoms with Crippen LogP contribution in [0.5, 0.6) is 11.5 Å². The largest absolute Gasteiger partial charge is 0.457 e. The summed E-state index contributed by atoms with van der Waals surface area (Å²) >= 11 is 0. The molecular weight excluding hydrogens is 198 g/mol. The van der Waals surface area contributed by atoms with Crippen LogP contribution in [-0.2, 0) is 6.42 Å². The van der Waals surface area contributed by atoms with E-state index in [0.717, 1.165) is 17.9 Å². The molecule has 0 saturated heterocycles. The highest BCUT2D eigenvalue weighted by Crippen LogP contribution is 2.20. The third-order valence-corrected chi connectivity index (χ3v) is 2.35. The number of benzene rings is 1. The second-order valence-electron chi connectivity index (χ2n) is 3.68. The first-order valence-electron chi connectivity index (χ1n) is 5.55. The Morgan fingerprint density at radius 2 is 1.56 bits per heavy atom. The SMILES string of the molecule is CCCc1ccc(Oc2ccncc2)cc1. The Morgan fingerprint density at radius 3 is 2.19 bits per heavy atom. The fourth-order valence-corrected chi connectivity index (χ4v) is 1.56. The molecule has 1 aromatic carbocycles. The Hall–Kier alpha value is -1.83. The van der Waals surface area contributed by atoms with Gasteiger partial charge < -0.3 is 4.74 Å². The highest BCUT2D eigenvalue weighted by molar-refractivity contribution is 5.32. The first-order chi connectivity index (χ1) is 7.88. The smallest absolute Gasteiger partial charge is 0.130 e. The van der Waals surface area contributed by atoms with Crippen LogP contribution in [0.3, 0.4) is 0 Å². The Balaban J connectivity index is 2.05. The molecule has 2 heteroatoms. The van der Waals surface area contributed by atoms with Crippen molar-refractivity contribution >= 4 is 0 Å². The van der Waals surface area contributed by atoms with Gasteiger partial charge >= 0.3 is 0 Å². The second kappa shape index (κ2) is 5.31. The number of aromatic nitrogens is 1. The molecule has 1 heterocycles. The standard InChI is InChI=1S/C14H15NO/c1-2-3-12-4-6-13(7-5-12)16-14-8-10-15-11-9-14/h4-11H,2-3H2,1H3. The molecule has 2 rings (SSSR count). The molecule has 0 aliphatic heterocycles. The molecule has 0 atom stereocenters. The average molecular weight is 213 g/mol. The van der Waals surface area contributed by atoms with Gasteiger partial charge in [-0.25, -0.2) is 0 Å². The quantitative estimate of drug-likeness (QED) is 0.770. The van der Waals surface area contributed by atoms with E-state index in [2.05, 4.69) is 24.0 Å². The van der Waals surface area contributed by atoms with Crippen LogP contribution in [0.25, 0.3) is 0 Å². The zero-order valence-corrected chi connectivity index (χ0v) is 9.39. The van der Waals surface area contributed by atoms with Crippen LogP contribution in [0, 0.1) is 0 Å². The lowest BCUT2D eigenvalue weighted by Crippen LogP contribution is -1.86. The summed E-state index contributed by atoms with van der Waals surface area (Å²) in [6, 6.07) is 11.9. The average Bonchev–Trinajstić information content (AvgIpc) is 2.33. The van der Waals surface area contributed by atoms with Crippen molar-refractivity contribution in [2.75, 3.05) is 0 Å². The van der Waals surface area contributed by atoms with Gasteiger partial charge in [-0.2, -0.15) is 0 Å². The first-order valence-corrected chi connectivity index (χ1v) is 5.55. The van der Waals surface area contributed by atoms with Crippen molar-refractivity contribution in [3.05, 3.63) is 54.4 Å². The van der Waals surface area contributed by atoms with Crippen LogP contribution >= 0.6 is 0 Å². The van der Waals surface area contributed by atoms with Crippen LogP contribution in [0.2, 0.25) is 0 Å². The first kappa shape index (κ1) is 10.7. The lowest BCUT2D eigenvalue weighted by Gasteiger charge is -2.05. The van der Waals surface area contributed by atoms with Crippen LogP contribution in [0.4, 0.5) is 0 Å². The van der Waals surface area contributed by atoms with E-state index in [1.54, 1.807) is 12.4 Å². The number of rotatable bonds is 4. The van der Waals surface area contributed by atoms with Gasteiger partial charge in [-0.3, -0.25) is 4.98 Å². The number of pyridine rings is 1. The minimum Gasteiger partial charge on any atom is -0.457 e. The summed E-state index contributed by atoms with van der Waals surface area (Å²) in [6.07, 6.45) is 5.74. The van der Waals surface area contributed by atoms with Gasteiger partial charge in [0, 0.05) is 12.4 Å². The van der Waals surface area contributed by atoms with Crippen molar-refractivity contribution in [1.82, 2.24) is 4.98 Å². The van der Waals surface area contributed by atoms with Crippen LogP contribution in [0.15, 0.2) is 48.8 Å². The van der Waals surface area contributed by atoms with Gasteiger partial charge in [0.2, 0.25) is 0 Å². The fraction of sp³-hybridized carbons (Fsp3) is 0.214. The van der Waals surface area contributed by atoms with Crippen LogP contribution < -0.4 is 4.74 Å². The summed E-state index contributed by atoms with van der Waals surface area (Å²) < 4.78 is 5.67. The lowest BCUT2D eigenvalue weighted by molar-refractivity contribution is 0.481. The highest BCUT2D eigenvalue weighted by atomic mass is 16.5. The molecule has 0 spiro atoms. The summed E-state index contributed by atoms with van der Waals surface area (Å²) in [6.45, 7) is 2.18. The Morgan fingerprint density at radius 1 is 0.938 bits per heavy atom. The van der Waals surface area contributed by atoms with Crippen molar-refractivity contribution in [2.45, 2.75) is 19.8 Å². The number of hydrogen-bond acceptors (Lipinski definition) is 2. The summed E-state index contributed by atoms with van der Waals surface area (Å²) in [7, 11) is 0. The maximum Gasteiger partial charge on any atom is 0.130 e. The van der Waals surface area contributed by atoms with Gasteiger partial charge in [-0.15, -0.1) is 0 Å². The maximum absolute atomic E-state index is 5.67. The Bertz CT molecular complexity index is 422. The molecule has 0 fully saturated rings.